The Labute approximate surface area is 140 Å². The topological polar surface area (TPSA) is 46.4 Å². The third-order valence-corrected chi connectivity index (χ3v) is 4.15. The lowest BCUT2D eigenvalue weighted by atomic mass is 10.0. The van der Waals surface area contributed by atoms with Gasteiger partial charge >= 0.3 is 0 Å². The highest BCUT2D eigenvalue weighted by Gasteiger charge is 2.26. The van der Waals surface area contributed by atoms with Gasteiger partial charge in [0.15, 0.2) is 0 Å². The Balaban J connectivity index is 1.75. The lowest BCUT2D eigenvalue weighted by molar-refractivity contribution is -0.00805. The van der Waals surface area contributed by atoms with Crippen LogP contribution in [0, 0.1) is 0 Å². The molecule has 2 heterocycles. The van der Waals surface area contributed by atoms with E-state index in [0.29, 0.717) is 6.61 Å². The third kappa shape index (κ3) is 6.20. The van der Waals surface area contributed by atoms with Gasteiger partial charge in [-0.1, -0.05) is 5.21 Å². The number of hydrogen-bond donors (Lipinski definition) is 0. The molecule has 6 nitrogen and oxygen atoms in total. The minimum atomic E-state index is -0.101. The smallest absolute Gasteiger partial charge is 0.0967 e. The summed E-state index contributed by atoms with van der Waals surface area (Å²) in [4.78, 5) is 5.01. The molecule has 23 heavy (non-hydrogen) atoms. The van der Waals surface area contributed by atoms with E-state index in [0.717, 1.165) is 45.0 Å². The van der Waals surface area contributed by atoms with Gasteiger partial charge in [0.25, 0.3) is 0 Å². The largest absolute Gasteiger partial charge is 0.374 e. The molecule has 2 rings (SSSR count). The molecular formula is C17H33N5O. The van der Waals surface area contributed by atoms with Crippen LogP contribution < -0.4 is 0 Å². The van der Waals surface area contributed by atoms with Crippen molar-refractivity contribution in [3.05, 3.63) is 11.9 Å². The van der Waals surface area contributed by atoms with Crippen LogP contribution >= 0.6 is 0 Å². The van der Waals surface area contributed by atoms with Crippen LogP contribution in [-0.2, 0) is 17.8 Å². The standard InChI is InChI=1S/C17H33N5O/c1-16(2,3)21-9-7-20(8-10-21)13-15-14-22(19-18-15)11-12-23-17(4,5)6/h14H,7-13H2,1-6H3. The van der Waals surface area contributed by atoms with Crippen molar-refractivity contribution in [1.29, 1.82) is 0 Å². The minimum Gasteiger partial charge on any atom is -0.374 e. The van der Waals surface area contributed by atoms with E-state index in [4.69, 9.17) is 4.74 Å². The summed E-state index contributed by atoms with van der Waals surface area (Å²) in [5, 5.41) is 8.50. The van der Waals surface area contributed by atoms with Crippen LogP contribution in [0.15, 0.2) is 6.20 Å². The Morgan fingerprint density at radius 3 is 2.26 bits per heavy atom. The van der Waals surface area contributed by atoms with Gasteiger partial charge in [0.2, 0.25) is 0 Å². The minimum absolute atomic E-state index is 0.101. The highest BCUT2D eigenvalue weighted by atomic mass is 16.5. The summed E-state index contributed by atoms with van der Waals surface area (Å²) in [5.74, 6) is 0. The highest BCUT2D eigenvalue weighted by Crippen LogP contribution is 2.16. The molecule has 1 saturated heterocycles. The van der Waals surface area contributed by atoms with Crippen LogP contribution in [0.1, 0.15) is 47.2 Å². The van der Waals surface area contributed by atoms with E-state index < -0.39 is 0 Å². The quantitative estimate of drug-likeness (QED) is 0.829. The molecular weight excluding hydrogens is 290 g/mol. The second kappa shape index (κ2) is 7.28. The van der Waals surface area contributed by atoms with Gasteiger partial charge in [-0.15, -0.1) is 5.10 Å². The van der Waals surface area contributed by atoms with E-state index in [2.05, 4.69) is 61.7 Å². The van der Waals surface area contributed by atoms with Crippen molar-refractivity contribution in [2.45, 2.75) is 65.8 Å². The van der Waals surface area contributed by atoms with Gasteiger partial charge in [0, 0.05) is 44.5 Å². The van der Waals surface area contributed by atoms with E-state index in [1.807, 2.05) is 10.9 Å². The Bertz CT molecular complexity index is 478. The van der Waals surface area contributed by atoms with Crippen molar-refractivity contribution in [3.8, 4) is 0 Å². The number of rotatable bonds is 5. The van der Waals surface area contributed by atoms with Crippen molar-refractivity contribution in [2.24, 2.45) is 0 Å². The third-order valence-electron chi connectivity index (χ3n) is 4.15. The molecule has 0 saturated carbocycles. The number of aromatic nitrogens is 3. The van der Waals surface area contributed by atoms with Crippen molar-refractivity contribution in [1.82, 2.24) is 24.8 Å². The van der Waals surface area contributed by atoms with Gasteiger partial charge in [-0.25, -0.2) is 4.68 Å². The summed E-state index contributed by atoms with van der Waals surface area (Å²) in [7, 11) is 0. The van der Waals surface area contributed by atoms with Crippen molar-refractivity contribution >= 4 is 0 Å². The molecule has 0 unspecified atom stereocenters. The van der Waals surface area contributed by atoms with E-state index in [9.17, 15) is 0 Å². The lowest BCUT2D eigenvalue weighted by Crippen LogP contribution is -2.53. The van der Waals surface area contributed by atoms with Crippen LogP contribution in [0.3, 0.4) is 0 Å². The number of hydrogen-bond acceptors (Lipinski definition) is 5. The normalized spacial score (nSPS) is 18.5. The summed E-state index contributed by atoms with van der Waals surface area (Å²) >= 11 is 0. The molecule has 132 valence electrons. The Morgan fingerprint density at radius 1 is 1.04 bits per heavy atom. The van der Waals surface area contributed by atoms with Crippen molar-refractivity contribution in [2.75, 3.05) is 32.8 Å². The van der Waals surface area contributed by atoms with Gasteiger partial charge in [-0.2, -0.15) is 0 Å². The maximum absolute atomic E-state index is 5.73. The average molecular weight is 323 g/mol. The molecule has 0 radical (unpaired) electrons. The fourth-order valence-electron chi connectivity index (χ4n) is 2.77. The zero-order chi connectivity index (χ0) is 17.1. The van der Waals surface area contributed by atoms with Gasteiger partial charge < -0.3 is 4.74 Å². The zero-order valence-corrected chi connectivity index (χ0v) is 15.7. The molecule has 0 atom stereocenters. The van der Waals surface area contributed by atoms with Crippen LogP contribution in [0.5, 0.6) is 0 Å². The summed E-state index contributed by atoms with van der Waals surface area (Å²) < 4.78 is 7.61. The average Bonchev–Trinajstić information content (AvgIpc) is 2.84. The van der Waals surface area contributed by atoms with Crippen LogP contribution in [-0.4, -0.2) is 68.7 Å². The highest BCUT2D eigenvalue weighted by molar-refractivity contribution is 4.93. The van der Waals surface area contributed by atoms with Gasteiger partial charge in [-0.3, -0.25) is 9.80 Å². The molecule has 0 aromatic carbocycles. The molecule has 1 aromatic heterocycles. The molecule has 0 N–H and O–H groups in total. The first kappa shape index (κ1) is 18.4. The monoisotopic (exact) mass is 323 g/mol. The first-order valence-electron chi connectivity index (χ1n) is 8.64. The van der Waals surface area contributed by atoms with E-state index in [1.54, 1.807) is 0 Å². The van der Waals surface area contributed by atoms with Crippen LogP contribution in [0.4, 0.5) is 0 Å². The molecule has 1 aliphatic rings. The fourth-order valence-corrected chi connectivity index (χ4v) is 2.77. The summed E-state index contributed by atoms with van der Waals surface area (Å²) in [6, 6.07) is 0. The predicted octanol–water partition coefficient (Wildman–Crippen LogP) is 2.01. The van der Waals surface area contributed by atoms with E-state index in [-0.39, 0.29) is 11.1 Å². The van der Waals surface area contributed by atoms with Gasteiger partial charge in [0.1, 0.15) is 0 Å². The second-order valence-electron chi connectivity index (χ2n) is 8.37. The van der Waals surface area contributed by atoms with Crippen LogP contribution in [0.2, 0.25) is 0 Å². The fraction of sp³-hybridized carbons (Fsp3) is 0.882. The van der Waals surface area contributed by atoms with Crippen molar-refractivity contribution in [3.63, 3.8) is 0 Å². The summed E-state index contributed by atoms with van der Waals surface area (Å²) in [5.41, 5.74) is 1.21. The van der Waals surface area contributed by atoms with Crippen molar-refractivity contribution < 1.29 is 4.74 Å². The molecule has 0 aliphatic carbocycles. The Morgan fingerprint density at radius 2 is 1.70 bits per heavy atom. The maximum atomic E-state index is 5.73. The molecule has 0 amide bonds. The Hall–Kier alpha value is -0.980. The lowest BCUT2D eigenvalue weighted by Gasteiger charge is -2.42. The molecule has 1 fully saturated rings. The molecule has 0 bridgehead atoms. The SMILES string of the molecule is CC(C)(C)OCCn1cc(CN2CCN(C(C)(C)C)CC2)nn1. The maximum Gasteiger partial charge on any atom is 0.0967 e. The van der Waals surface area contributed by atoms with Gasteiger partial charge in [-0.05, 0) is 41.5 Å². The molecule has 0 spiro atoms. The number of piperazine rings is 1. The van der Waals surface area contributed by atoms with Crippen LogP contribution in [0.25, 0.3) is 0 Å². The number of ether oxygens (including phenoxy) is 1. The number of nitrogens with zero attached hydrogens (tertiary/aromatic N) is 5. The molecule has 6 heteroatoms. The first-order chi connectivity index (χ1) is 10.6. The second-order valence-corrected chi connectivity index (χ2v) is 8.37. The van der Waals surface area contributed by atoms with E-state index >= 15 is 0 Å². The summed E-state index contributed by atoms with van der Waals surface area (Å²) in [6.45, 7) is 19.8. The molecule has 1 aliphatic heterocycles. The first-order valence-corrected chi connectivity index (χ1v) is 8.64. The predicted molar refractivity (Wildman–Crippen MR) is 92.3 cm³/mol. The zero-order valence-electron chi connectivity index (χ0n) is 15.7. The van der Waals surface area contributed by atoms with E-state index in [1.165, 1.54) is 0 Å². The summed E-state index contributed by atoms with van der Waals surface area (Å²) in [6.07, 6.45) is 2.04. The Kier molecular flexibility index (Phi) is 5.81. The van der Waals surface area contributed by atoms with Gasteiger partial charge in [0.05, 0.1) is 24.4 Å². The molecule has 1 aromatic rings.